The van der Waals surface area contributed by atoms with Crippen LogP contribution in [0, 0.1) is 6.92 Å². The van der Waals surface area contributed by atoms with Gasteiger partial charge in [0.05, 0.1) is 6.61 Å². The van der Waals surface area contributed by atoms with Gasteiger partial charge in [0.1, 0.15) is 0 Å². The molecule has 0 unspecified atom stereocenters. The van der Waals surface area contributed by atoms with E-state index in [1.54, 1.807) is 0 Å². The van der Waals surface area contributed by atoms with E-state index in [-0.39, 0.29) is 0 Å². The van der Waals surface area contributed by atoms with Crippen LogP contribution in [0.4, 0.5) is 0 Å². The topological polar surface area (TPSA) is 14.2 Å². The number of hydrogen-bond acceptors (Lipinski definition) is 1. The van der Waals surface area contributed by atoms with Crippen molar-refractivity contribution in [2.24, 2.45) is 0 Å². The summed E-state index contributed by atoms with van der Waals surface area (Å²) in [5.41, 5.74) is 2.62. The molecule has 1 heterocycles. The number of ether oxygens (including phenoxy) is 1. The summed E-state index contributed by atoms with van der Waals surface area (Å²) in [4.78, 5) is 0. The van der Waals surface area contributed by atoms with Crippen LogP contribution in [-0.2, 0) is 11.3 Å². The van der Waals surface area contributed by atoms with Crippen molar-refractivity contribution in [1.82, 2.24) is 4.57 Å². The van der Waals surface area contributed by atoms with E-state index in [9.17, 15) is 0 Å². The van der Waals surface area contributed by atoms with Gasteiger partial charge in [0.15, 0.2) is 0 Å². The Morgan fingerprint density at radius 3 is 2.88 bits per heavy atom. The lowest BCUT2D eigenvalue weighted by Crippen LogP contribution is -2.05. The molecule has 0 atom stereocenters. The van der Waals surface area contributed by atoms with Gasteiger partial charge in [-0.05, 0) is 36.4 Å². The van der Waals surface area contributed by atoms with E-state index in [0.717, 1.165) is 26.2 Å². The van der Waals surface area contributed by atoms with Crippen molar-refractivity contribution < 1.29 is 4.74 Å². The van der Waals surface area contributed by atoms with Crippen molar-refractivity contribution >= 4 is 10.9 Å². The van der Waals surface area contributed by atoms with E-state index in [1.807, 2.05) is 0 Å². The summed E-state index contributed by atoms with van der Waals surface area (Å²) in [6, 6.07) is 8.74. The third-order valence-corrected chi connectivity index (χ3v) is 3.05. The van der Waals surface area contributed by atoms with Crippen LogP contribution in [-0.4, -0.2) is 17.8 Å². The van der Waals surface area contributed by atoms with Crippen LogP contribution in [0.2, 0.25) is 0 Å². The number of aromatic nitrogens is 1. The number of benzene rings is 1. The van der Waals surface area contributed by atoms with Crippen molar-refractivity contribution in [3.8, 4) is 0 Å². The zero-order chi connectivity index (χ0) is 12.1. The van der Waals surface area contributed by atoms with Gasteiger partial charge in [0.2, 0.25) is 0 Å². The second-order valence-electron chi connectivity index (χ2n) is 4.54. The summed E-state index contributed by atoms with van der Waals surface area (Å²) in [6.45, 7) is 6.95. The smallest absolute Gasteiger partial charge is 0.0645 e. The number of fused-ring (bicyclic) bond motifs is 1. The molecule has 1 aromatic heterocycles. The highest BCUT2D eigenvalue weighted by molar-refractivity contribution is 5.80. The van der Waals surface area contributed by atoms with Gasteiger partial charge in [-0.1, -0.05) is 25.5 Å². The summed E-state index contributed by atoms with van der Waals surface area (Å²) < 4.78 is 7.88. The normalized spacial score (nSPS) is 11.2. The van der Waals surface area contributed by atoms with Gasteiger partial charge in [0.25, 0.3) is 0 Å². The Bertz CT molecular complexity index is 473. The van der Waals surface area contributed by atoms with Crippen LogP contribution in [0.3, 0.4) is 0 Å². The lowest BCUT2D eigenvalue weighted by atomic mass is 10.2. The molecule has 17 heavy (non-hydrogen) atoms. The molecule has 1 aromatic carbocycles. The number of hydrogen-bond donors (Lipinski definition) is 0. The first-order valence-corrected chi connectivity index (χ1v) is 6.44. The number of nitrogens with zero attached hydrogens (tertiary/aromatic N) is 1. The lowest BCUT2D eigenvalue weighted by Gasteiger charge is -2.07. The van der Waals surface area contributed by atoms with Crippen LogP contribution in [0.25, 0.3) is 10.9 Å². The molecule has 0 aliphatic rings. The molecule has 0 bridgehead atoms. The second kappa shape index (κ2) is 5.87. The molecule has 0 radical (unpaired) electrons. The Morgan fingerprint density at radius 2 is 2.06 bits per heavy atom. The molecular formula is C15H21NO. The maximum atomic E-state index is 5.61. The first-order valence-electron chi connectivity index (χ1n) is 6.44. The molecule has 92 valence electrons. The third-order valence-electron chi connectivity index (χ3n) is 3.05. The average molecular weight is 231 g/mol. The maximum absolute atomic E-state index is 5.61. The van der Waals surface area contributed by atoms with Crippen LogP contribution in [0.5, 0.6) is 0 Å². The van der Waals surface area contributed by atoms with Crippen molar-refractivity contribution in [3.05, 3.63) is 36.0 Å². The van der Waals surface area contributed by atoms with Crippen molar-refractivity contribution in [1.29, 1.82) is 0 Å². The fourth-order valence-corrected chi connectivity index (χ4v) is 2.00. The Balaban J connectivity index is 1.96. The summed E-state index contributed by atoms with van der Waals surface area (Å²) in [7, 11) is 0. The van der Waals surface area contributed by atoms with E-state index >= 15 is 0 Å². The van der Waals surface area contributed by atoms with E-state index < -0.39 is 0 Å². The summed E-state index contributed by atoms with van der Waals surface area (Å²) in [6.07, 6.45) is 4.50. The number of aryl methyl sites for hydroxylation is 1. The standard InChI is InChI=1S/C15H21NO/c1-3-4-10-17-11-9-16-8-7-14-6-5-13(2)12-15(14)16/h5-8,12H,3-4,9-11H2,1-2H3. The Morgan fingerprint density at radius 1 is 1.18 bits per heavy atom. The third kappa shape index (κ3) is 3.10. The minimum atomic E-state index is 0.803. The minimum absolute atomic E-state index is 0.803. The fraction of sp³-hybridized carbons (Fsp3) is 0.467. The first-order chi connectivity index (χ1) is 8.31. The molecule has 2 heteroatoms. The molecule has 0 aliphatic heterocycles. The highest BCUT2D eigenvalue weighted by Crippen LogP contribution is 2.17. The predicted octanol–water partition coefficient (Wildman–Crippen LogP) is 3.77. The Labute approximate surface area is 103 Å². The quantitative estimate of drug-likeness (QED) is 0.690. The number of unbranched alkanes of at least 4 members (excludes halogenated alkanes) is 1. The average Bonchev–Trinajstić information content (AvgIpc) is 2.72. The minimum Gasteiger partial charge on any atom is -0.380 e. The van der Waals surface area contributed by atoms with Crippen LogP contribution >= 0.6 is 0 Å². The van der Waals surface area contributed by atoms with Crippen LogP contribution < -0.4 is 0 Å². The van der Waals surface area contributed by atoms with E-state index in [0.29, 0.717) is 0 Å². The van der Waals surface area contributed by atoms with Gasteiger partial charge >= 0.3 is 0 Å². The van der Waals surface area contributed by atoms with Gasteiger partial charge < -0.3 is 9.30 Å². The molecule has 0 N–H and O–H groups in total. The van der Waals surface area contributed by atoms with Gasteiger partial charge in [-0.3, -0.25) is 0 Å². The fourth-order valence-electron chi connectivity index (χ4n) is 2.00. The van der Waals surface area contributed by atoms with Crippen molar-refractivity contribution in [2.45, 2.75) is 33.2 Å². The van der Waals surface area contributed by atoms with Gasteiger partial charge in [-0.15, -0.1) is 0 Å². The second-order valence-corrected chi connectivity index (χ2v) is 4.54. The SMILES string of the molecule is CCCCOCCn1ccc2ccc(C)cc21. The largest absolute Gasteiger partial charge is 0.380 e. The van der Waals surface area contributed by atoms with E-state index in [1.165, 1.54) is 22.9 Å². The highest BCUT2D eigenvalue weighted by Gasteiger charge is 2.00. The zero-order valence-electron chi connectivity index (χ0n) is 10.8. The Kier molecular flexibility index (Phi) is 4.21. The first kappa shape index (κ1) is 12.2. The molecular weight excluding hydrogens is 210 g/mol. The van der Waals surface area contributed by atoms with Gasteiger partial charge in [0, 0.05) is 24.9 Å². The highest BCUT2D eigenvalue weighted by atomic mass is 16.5. The molecule has 0 saturated carbocycles. The zero-order valence-corrected chi connectivity index (χ0v) is 10.8. The summed E-state index contributed by atoms with van der Waals surface area (Å²) >= 11 is 0. The Hall–Kier alpha value is -1.28. The van der Waals surface area contributed by atoms with Crippen molar-refractivity contribution in [3.63, 3.8) is 0 Å². The molecule has 2 nitrogen and oxygen atoms in total. The molecule has 0 aliphatic carbocycles. The monoisotopic (exact) mass is 231 g/mol. The molecule has 0 amide bonds. The van der Waals surface area contributed by atoms with Gasteiger partial charge in [-0.2, -0.15) is 0 Å². The van der Waals surface area contributed by atoms with E-state index in [4.69, 9.17) is 4.74 Å². The molecule has 0 fully saturated rings. The predicted molar refractivity (Wildman–Crippen MR) is 72.4 cm³/mol. The molecule has 0 spiro atoms. The molecule has 2 aromatic rings. The maximum Gasteiger partial charge on any atom is 0.0645 e. The lowest BCUT2D eigenvalue weighted by molar-refractivity contribution is 0.124. The summed E-state index contributed by atoms with van der Waals surface area (Å²) in [5, 5.41) is 1.31. The summed E-state index contributed by atoms with van der Waals surface area (Å²) in [5.74, 6) is 0. The molecule has 2 rings (SSSR count). The van der Waals surface area contributed by atoms with E-state index in [2.05, 4.69) is 48.9 Å². The van der Waals surface area contributed by atoms with Crippen molar-refractivity contribution in [2.75, 3.05) is 13.2 Å². The molecule has 0 saturated heterocycles. The number of rotatable bonds is 6. The van der Waals surface area contributed by atoms with Crippen LogP contribution in [0.15, 0.2) is 30.5 Å². The van der Waals surface area contributed by atoms with Crippen LogP contribution in [0.1, 0.15) is 25.3 Å². The van der Waals surface area contributed by atoms with Gasteiger partial charge in [-0.25, -0.2) is 0 Å².